The van der Waals surface area contributed by atoms with Crippen molar-refractivity contribution < 1.29 is 9.59 Å². The second-order valence-corrected chi connectivity index (χ2v) is 6.62. The molecule has 0 fully saturated rings. The van der Waals surface area contributed by atoms with Crippen molar-refractivity contribution in [3.05, 3.63) is 100 Å². The summed E-state index contributed by atoms with van der Waals surface area (Å²) in [5.74, 6) is -0.593. The molecule has 0 radical (unpaired) electrons. The fourth-order valence-corrected chi connectivity index (χ4v) is 2.89. The minimum Gasteiger partial charge on any atom is -0.346 e. The number of carbonyl (C=O) groups excluding carboxylic acids is 2. The van der Waals surface area contributed by atoms with Gasteiger partial charge in [-0.1, -0.05) is 42.5 Å². The van der Waals surface area contributed by atoms with Crippen LogP contribution in [0.3, 0.4) is 0 Å². The summed E-state index contributed by atoms with van der Waals surface area (Å²) >= 11 is 3.37. The van der Waals surface area contributed by atoms with Crippen LogP contribution in [0.15, 0.2) is 88.7 Å². The van der Waals surface area contributed by atoms with Crippen LogP contribution in [-0.2, 0) is 0 Å². The van der Waals surface area contributed by atoms with E-state index in [0.717, 1.165) is 5.56 Å². The zero-order valence-corrected chi connectivity index (χ0v) is 16.4. The second-order valence-electron chi connectivity index (χ2n) is 5.76. The Hall–Kier alpha value is -3.32. The average Bonchev–Trinajstić information content (AvgIpc) is 2.75. The van der Waals surface area contributed by atoms with Gasteiger partial charge in [-0.3, -0.25) is 14.6 Å². The number of carbonyl (C=O) groups is 2. The minimum absolute atomic E-state index is 0.154. The van der Waals surface area contributed by atoms with Crippen LogP contribution in [0, 0.1) is 0 Å². The molecule has 0 unspecified atom stereocenters. The first-order valence-corrected chi connectivity index (χ1v) is 9.29. The third kappa shape index (κ3) is 5.11. The summed E-state index contributed by atoms with van der Waals surface area (Å²) in [6.45, 7) is 0.154. The second kappa shape index (κ2) is 9.57. The van der Waals surface area contributed by atoms with E-state index in [1.165, 1.54) is 12.4 Å². The zero-order chi connectivity index (χ0) is 19.8. The molecule has 0 aliphatic carbocycles. The molecule has 2 amide bonds. The molecule has 0 atom stereocenters. The predicted molar refractivity (Wildman–Crippen MR) is 111 cm³/mol. The standard InChI is InChI=1S/C21H17BrN4O2/c22-18-9-5-4-8-17(18)21(28)24-14-19(15-6-2-1-3-7-15)25-26-20(27)16-10-12-23-13-11-16/h1-13H,14H2,(H,24,28)(H,26,27)/b25-19-. The summed E-state index contributed by atoms with van der Waals surface area (Å²) in [6.07, 6.45) is 3.07. The molecule has 28 heavy (non-hydrogen) atoms. The number of rotatable bonds is 6. The van der Waals surface area contributed by atoms with E-state index >= 15 is 0 Å². The number of amides is 2. The van der Waals surface area contributed by atoms with Gasteiger partial charge < -0.3 is 5.32 Å². The molecule has 6 nitrogen and oxygen atoms in total. The Labute approximate surface area is 170 Å². The molecule has 0 aliphatic heterocycles. The lowest BCUT2D eigenvalue weighted by molar-refractivity contribution is 0.0951. The highest BCUT2D eigenvalue weighted by Crippen LogP contribution is 2.15. The molecular formula is C21H17BrN4O2. The van der Waals surface area contributed by atoms with Gasteiger partial charge >= 0.3 is 0 Å². The molecule has 3 rings (SSSR count). The van der Waals surface area contributed by atoms with E-state index in [1.54, 1.807) is 30.3 Å². The van der Waals surface area contributed by atoms with Crippen LogP contribution in [0.4, 0.5) is 0 Å². The van der Waals surface area contributed by atoms with E-state index in [4.69, 9.17) is 0 Å². The fourth-order valence-electron chi connectivity index (χ4n) is 2.43. The van der Waals surface area contributed by atoms with Crippen LogP contribution in [0.2, 0.25) is 0 Å². The van der Waals surface area contributed by atoms with Crippen molar-refractivity contribution in [1.29, 1.82) is 0 Å². The van der Waals surface area contributed by atoms with Gasteiger partial charge in [-0.05, 0) is 45.8 Å². The Bertz CT molecular complexity index is 992. The topological polar surface area (TPSA) is 83.5 Å². The lowest BCUT2D eigenvalue weighted by atomic mass is 10.1. The number of pyridine rings is 1. The highest BCUT2D eigenvalue weighted by atomic mass is 79.9. The average molecular weight is 437 g/mol. The van der Waals surface area contributed by atoms with Crippen LogP contribution in [0.1, 0.15) is 26.3 Å². The molecule has 0 aliphatic rings. The van der Waals surface area contributed by atoms with Crippen LogP contribution < -0.4 is 10.7 Å². The van der Waals surface area contributed by atoms with Gasteiger partial charge in [0.2, 0.25) is 0 Å². The molecule has 1 aromatic heterocycles. The molecule has 1 heterocycles. The molecule has 0 saturated heterocycles. The molecule has 7 heteroatoms. The van der Waals surface area contributed by atoms with Crippen molar-refractivity contribution in [2.24, 2.45) is 5.10 Å². The monoisotopic (exact) mass is 436 g/mol. The van der Waals surface area contributed by atoms with Gasteiger partial charge in [-0.2, -0.15) is 5.10 Å². The molecular weight excluding hydrogens is 420 g/mol. The maximum absolute atomic E-state index is 12.5. The summed E-state index contributed by atoms with van der Waals surface area (Å²) in [5.41, 5.74) is 4.83. The summed E-state index contributed by atoms with van der Waals surface area (Å²) in [6, 6.07) is 19.7. The molecule has 3 aromatic rings. The quantitative estimate of drug-likeness (QED) is 0.458. The first-order chi connectivity index (χ1) is 13.6. The lowest BCUT2D eigenvalue weighted by Crippen LogP contribution is -2.32. The van der Waals surface area contributed by atoms with Crippen molar-refractivity contribution in [2.45, 2.75) is 0 Å². The summed E-state index contributed by atoms with van der Waals surface area (Å²) < 4.78 is 0.705. The number of nitrogens with one attached hydrogen (secondary N) is 2. The van der Waals surface area contributed by atoms with E-state index in [2.05, 4.69) is 36.8 Å². The molecule has 2 N–H and O–H groups in total. The third-order valence-corrected chi connectivity index (χ3v) is 4.57. The van der Waals surface area contributed by atoms with Gasteiger partial charge in [0.15, 0.2) is 0 Å². The Balaban J connectivity index is 1.75. The van der Waals surface area contributed by atoms with Crippen molar-refractivity contribution in [3.8, 4) is 0 Å². The lowest BCUT2D eigenvalue weighted by Gasteiger charge is -2.10. The molecule has 2 aromatic carbocycles. The Kier molecular flexibility index (Phi) is 6.64. The van der Waals surface area contributed by atoms with Gasteiger partial charge in [0.05, 0.1) is 17.8 Å². The Morgan fingerprint density at radius 3 is 2.25 bits per heavy atom. The summed E-state index contributed by atoms with van der Waals surface area (Å²) in [5, 5.41) is 7.07. The van der Waals surface area contributed by atoms with E-state index in [1.807, 2.05) is 36.4 Å². The number of hydrogen-bond acceptors (Lipinski definition) is 4. The van der Waals surface area contributed by atoms with Gasteiger partial charge in [0.1, 0.15) is 0 Å². The van der Waals surface area contributed by atoms with Crippen LogP contribution in [0.25, 0.3) is 0 Å². The van der Waals surface area contributed by atoms with Gasteiger partial charge in [-0.15, -0.1) is 0 Å². The Morgan fingerprint density at radius 2 is 1.54 bits per heavy atom. The maximum Gasteiger partial charge on any atom is 0.271 e. The van der Waals surface area contributed by atoms with Crippen LogP contribution >= 0.6 is 15.9 Å². The Morgan fingerprint density at radius 1 is 0.857 bits per heavy atom. The van der Waals surface area contributed by atoms with E-state index in [9.17, 15) is 9.59 Å². The number of aromatic nitrogens is 1. The minimum atomic E-state index is -0.354. The molecule has 0 spiro atoms. The predicted octanol–water partition coefficient (Wildman–Crippen LogP) is 3.41. The highest BCUT2D eigenvalue weighted by molar-refractivity contribution is 9.10. The summed E-state index contributed by atoms with van der Waals surface area (Å²) in [4.78, 5) is 28.6. The number of benzene rings is 2. The highest BCUT2D eigenvalue weighted by Gasteiger charge is 2.12. The normalized spacial score (nSPS) is 11.0. The zero-order valence-electron chi connectivity index (χ0n) is 14.8. The maximum atomic E-state index is 12.5. The van der Waals surface area contributed by atoms with Gasteiger partial charge in [-0.25, -0.2) is 5.43 Å². The molecule has 0 saturated carbocycles. The van der Waals surface area contributed by atoms with Gasteiger partial charge in [0, 0.05) is 22.4 Å². The number of hydrazone groups is 1. The molecule has 0 bridgehead atoms. The first kappa shape index (κ1) is 19.4. The van der Waals surface area contributed by atoms with E-state index in [-0.39, 0.29) is 18.4 Å². The smallest absolute Gasteiger partial charge is 0.271 e. The summed E-state index contributed by atoms with van der Waals surface area (Å²) in [7, 11) is 0. The van der Waals surface area contributed by atoms with Gasteiger partial charge in [0.25, 0.3) is 11.8 Å². The third-order valence-electron chi connectivity index (χ3n) is 3.88. The fraction of sp³-hybridized carbons (Fsp3) is 0.0476. The van der Waals surface area contributed by atoms with Crippen molar-refractivity contribution in [1.82, 2.24) is 15.7 Å². The van der Waals surface area contributed by atoms with Crippen molar-refractivity contribution in [2.75, 3.05) is 6.54 Å². The van der Waals surface area contributed by atoms with E-state index in [0.29, 0.717) is 21.3 Å². The largest absolute Gasteiger partial charge is 0.346 e. The SMILES string of the molecule is O=C(N/N=C(/CNC(=O)c1ccccc1Br)c1ccccc1)c1ccncc1. The van der Waals surface area contributed by atoms with Crippen molar-refractivity contribution in [3.63, 3.8) is 0 Å². The van der Waals surface area contributed by atoms with Crippen LogP contribution in [0.5, 0.6) is 0 Å². The first-order valence-electron chi connectivity index (χ1n) is 8.50. The van der Waals surface area contributed by atoms with Crippen molar-refractivity contribution >= 4 is 33.5 Å². The van der Waals surface area contributed by atoms with E-state index < -0.39 is 0 Å². The number of halogens is 1. The van der Waals surface area contributed by atoms with Crippen LogP contribution in [-0.4, -0.2) is 29.1 Å². The number of hydrogen-bond donors (Lipinski definition) is 2. The number of nitrogens with zero attached hydrogens (tertiary/aromatic N) is 2. The molecule has 140 valence electrons.